The minimum absolute atomic E-state index is 0.185. The summed E-state index contributed by atoms with van der Waals surface area (Å²) in [4.78, 5) is 35.2. The van der Waals surface area contributed by atoms with Crippen molar-refractivity contribution in [3.8, 4) is 6.07 Å². The standard InChI is InChI=1S/C16H11NO4/c1-10-8-14(19)15(16(20)21-10)13(18)7-6-11-2-4-12(9-17)5-3-11/h2-8,15H,1H3. The van der Waals surface area contributed by atoms with E-state index in [2.05, 4.69) is 0 Å². The quantitative estimate of drug-likeness (QED) is 0.479. The van der Waals surface area contributed by atoms with Gasteiger partial charge in [0, 0.05) is 6.08 Å². The van der Waals surface area contributed by atoms with Crippen LogP contribution >= 0.6 is 0 Å². The molecule has 104 valence electrons. The molecule has 0 bridgehead atoms. The van der Waals surface area contributed by atoms with Crippen molar-refractivity contribution in [3.63, 3.8) is 0 Å². The molecular weight excluding hydrogens is 270 g/mol. The van der Waals surface area contributed by atoms with Crippen molar-refractivity contribution < 1.29 is 19.1 Å². The highest BCUT2D eigenvalue weighted by Gasteiger charge is 2.36. The number of nitrogens with zero attached hydrogens (tertiary/aromatic N) is 1. The fraction of sp³-hybridized carbons (Fsp3) is 0.125. The lowest BCUT2D eigenvalue weighted by Crippen LogP contribution is -2.34. The molecule has 0 radical (unpaired) electrons. The van der Waals surface area contributed by atoms with E-state index in [9.17, 15) is 14.4 Å². The summed E-state index contributed by atoms with van der Waals surface area (Å²) >= 11 is 0. The first-order valence-corrected chi connectivity index (χ1v) is 6.17. The number of hydrogen-bond donors (Lipinski definition) is 0. The maximum Gasteiger partial charge on any atom is 0.329 e. The summed E-state index contributed by atoms with van der Waals surface area (Å²) in [7, 11) is 0. The van der Waals surface area contributed by atoms with Gasteiger partial charge in [0.05, 0.1) is 11.6 Å². The van der Waals surface area contributed by atoms with Gasteiger partial charge >= 0.3 is 5.97 Å². The van der Waals surface area contributed by atoms with Crippen molar-refractivity contribution in [2.45, 2.75) is 6.92 Å². The maximum absolute atomic E-state index is 11.9. The summed E-state index contributed by atoms with van der Waals surface area (Å²) in [5, 5.41) is 8.68. The first kappa shape index (κ1) is 14.4. The summed E-state index contributed by atoms with van der Waals surface area (Å²) in [5.41, 5.74) is 1.19. The van der Waals surface area contributed by atoms with Gasteiger partial charge in [-0.3, -0.25) is 14.4 Å². The summed E-state index contributed by atoms with van der Waals surface area (Å²) in [6.07, 6.45) is 3.79. The van der Waals surface area contributed by atoms with E-state index in [-0.39, 0.29) is 5.76 Å². The molecule has 1 aromatic rings. The molecule has 0 spiro atoms. The lowest BCUT2D eigenvalue weighted by atomic mass is 9.96. The Morgan fingerprint density at radius 2 is 1.95 bits per heavy atom. The van der Waals surface area contributed by atoms with Crippen LogP contribution in [0.4, 0.5) is 0 Å². The maximum atomic E-state index is 11.9. The first-order valence-electron chi connectivity index (χ1n) is 6.17. The number of hydrogen-bond acceptors (Lipinski definition) is 5. The van der Waals surface area contributed by atoms with Gasteiger partial charge in [0.15, 0.2) is 17.5 Å². The largest absolute Gasteiger partial charge is 0.430 e. The number of benzene rings is 1. The number of carbonyl (C=O) groups excluding carboxylic acids is 3. The van der Waals surface area contributed by atoms with E-state index in [1.165, 1.54) is 19.1 Å². The third-order valence-corrected chi connectivity index (χ3v) is 2.89. The normalized spacial score (nSPS) is 18.1. The molecular formula is C16H11NO4. The molecule has 0 aromatic heterocycles. The number of carbonyl (C=O) groups is 3. The molecule has 1 atom stereocenters. The number of esters is 1. The monoisotopic (exact) mass is 281 g/mol. The van der Waals surface area contributed by atoms with Crippen molar-refractivity contribution in [2.24, 2.45) is 5.92 Å². The van der Waals surface area contributed by atoms with Crippen LogP contribution in [0, 0.1) is 17.2 Å². The highest BCUT2D eigenvalue weighted by atomic mass is 16.5. The van der Waals surface area contributed by atoms with Crippen LogP contribution in [0.3, 0.4) is 0 Å². The molecule has 5 nitrogen and oxygen atoms in total. The van der Waals surface area contributed by atoms with E-state index in [1.54, 1.807) is 24.3 Å². The van der Waals surface area contributed by atoms with Crippen molar-refractivity contribution in [1.82, 2.24) is 0 Å². The van der Waals surface area contributed by atoms with E-state index >= 15 is 0 Å². The van der Waals surface area contributed by atoms with Gasteiger partial charge in [0.25, 0.3) is 0 Å². The number of ketones is 2. The summed E-state index contributed by atoms with van der Waals surface area (Å²) in [6, 6.07) is 8.52. The highest BCUT2D eigenvalue weighted by Crippen LogP contribution is 2.16. The van der Waals surface area contributed by atoms with Crippen LogP contribution in [0.5, 0.6) is 0 Å². The first-order chi connectivity index (χ1) is 10.0. The SMILES string of the molecule is CC1=CC(=O)C(C(=O)C=Cc2ccc(C#N)cc2)C(=O)O1. The second kappa shape index (κ2) is 5.97. The number of allylic oxidation sites excluding steroid dienone is 3. The van der Waals surface area contributed by atoms with Crippen LogP contribution in [-0.2, 0) is 19.1 Å². The van der Waals surface area contributed by atoms with Gasteiger partial charge in [-0.1, -0.05) is 18.2 Å². The summed E-state index contributed by atoms with van der Waals surface area (Å²) in [6.45, 7) is 1.48. The van der Waals surface area contributed by atoms with Gasteiger partial charge in [-0.2, -0.15) is 5.26 Å². The summed E-state index contributed by atoms with van der Waals surface area (Å²) in [5.74, 6) is -3.29. The van der Waals surface area contributed by atoms with Crippen molar-refractivity contribution in [1.29, 1.82) is 5.26 Å². The number of rotatable bonds is 3. The number of cyclic esters (lactones) is 1. The van der Waals surface area contributed by atoms with Gasteiger partial charge in [-0.15, -0.1) is 0 Å². The average Bonchev–Trinajstić information content (AvgIpc) is 2.44. The fourth-order valence-electron chi connectivity index (χ4n) is 1.85. The van der Waals surface area contributed by atoms with Crippen molar-refractivity contribution in [2.75, 3.05) is 0 Å². The second-order valence-electron chi connectivity index (χ2n) is 4.48. The van der Waals surface area contributed by atoms with Gasteiger partial charge in [0.2, 0.25) is 0 Å². The Hall–Kier alpha value is -3.00. The molecule has 0 N–H and O–H groups in total. The lowest BCUT2D eigenvalue weighted by Gasteiger charge is -2.15. The average molecular weight is 281 g/mol. The minimum atomic E-state index is -1.43. The molecule has 0 saturated heterocycles. The Labute approximate surface area is 121 Å². The Morgan fingerprint density at radius 3 is 2.52 bits per heavy atom. The van der Waals surface area contributed by atoms with Crippen LogP contribution in [0.15, 0.2) is 42.2 Å². The van der Waals surface area contributed by atoms with E-state index in [1.807, 2.05) is 6.07 Å². The molecule has 1 aromatic carbocycles. The van der Waals surface area contributed by atoms with E-state index in [4.69, 9.17) is 10.00 Å². The molecule has 0 aliphatic carbocycles. The number of ether oxygens (including phenoxy) is 1. The smallest absolute Gasteiger partial charge is 0.329 e. The van der Waals surface area contributed by atoms with Crippen molar-refractivity contribution >= 4 is 23.6 Å². The molecule has 0 fully saturated rings. The van der Waals surface area contributed by atoms with Crippen LogP contribution in [0.25, 0.3) is 6.08 Å². The Balaban J connectivity index is 2.14. The number of nitriles is 1. The third-order valence-electron chi connectivity index (χ3n) is 2.89. The zero-order chi connectivity index (χ0) is 15.4. The van der Waals surface area contributed by atoms with Gasteiger partial charge in [-0.25, -0.2) is 0 Å². The van der Waals surface area contributed by atoms with E-state index in [0.717, 1.165) is 6.08 Å². The zero-order valence-electron chi connectivity index (χ0n) is 11.2. The Morgan fingerprint density at radius 1 is 1.29 bits per heavy atom. The van der Waals surface area contributed by atoms with E-state index < -0.39 is 23.5 Å². The molecule has 0 saturated carbocycles. The fourth-order valence-corrected chi connectivity index (χ4v) is 1.85. The third kappa shape index (κ3) is 3.31. The molecule has 2 rings (SSSR count). The van der Waals surface area contributed by atoms with Crippen LogP contribution in [0.2, 0.25) is 0 Å². The molecule has 1 aliphatic heterocycles. The molecule has 1 unspecified atom stereocenters. The van der Waals surface area contributed by atoms with E-state index in [0.29, 0.717) is 11.1 Å². The molecule has 1 heterocycles. The molecule has 5 heteroatoms. The lowest BCUT2D eigenvalue weighted by molar-refractivity contribution is -0.151. The minimum Gasteiger partial charge on any atom is -0.430 e. The van der Waals surface area contributed by atoms with Crippen LogP contribution < -0.4 is 0 Å². The molecule has 1 aliphatic rings. The van der Waals surface area contributed by atoms with Crippen LogP contribution in [0.1, 0.15) is 18.1 Å². The van der Waals surface area contributed by atoms with Gasteiger partial charge < -0.3 is 4.74 Å². The highest BCUT2D eigenvalue weighted by molar-refractivity contribution is 6.25. The van der Waals surface area contributed by atoms with Gasteiger partial charge in [-0.05, 0) is 30.7 Å². The topological polar surface area (TPSA) is 84.2 Å². The molecule has 21 heavy (non-hydrogen) atoms. The zero-order valence-corrected chi connectivity index (χ0v) is 11.2. The predicted octanol–water partition coefficient (Wildman–Crippen LogP) is 1.79. The Kier molecular flexibility index (Phi) is 4.10. The van der Waals surface area contributed by atoms with Gasteiger partial charge in [0.1, 0.15) is 5.76 Å². The Bertz CT molecular complexity index is 705. The molecule has 0 amide bonds. The predicted molar refractivity (Wildman–Crippen MR) is 73.5 cm³/mol. The van der Waals surface area contributed by atoms with Crippen LogP contribution in [-0.4, -0.2) is 17.5 Å². The summed E-state index contributed by atoms with van der Waals surface area (Å²) < 4.78 is 4.78. The van der Waals surface area contributed by atoms with Crippen molar-refractivity contribution in [3.05, 3.63) is 53.3 Å². The second-order valence-corrected chi connectivity index (χ2v) is 4.48.